The molecule has 3 heterocycles. The maximum atomic E-state index is 6.65. The Kier molecular flexibility index (Phi) is 5.99. The van der Waals surface area contributed by atoms with Crippen LogP contribution in [0.15, 0.2) is 183 Å². The van der Waals surface area contributed by atoms with Gasteiger partial charge in [-0.15, -0.1) is 0 Å². The van der Waals surface area contributed by atoms with E-state index in [0.29, 0.717) is 5.89 Å². The molecule has 9 aromatic carbocycles. The third-order valence-electron chi connectivity index (χ3n) is 10.8. The monoisotopic (exact) mass is 692 g/mol. The molecular formula is C49H28N2O3. The van der Waals surface area contributed by atoms with E-state index < -0.39 is 0 Å². The molecule has 0 atom stereocenters. The first kappa shape index (κ1) is 29.2. The van der Waals surface area contributed by atoms with Crippen molar-refractivity contribution in [3.8, 4) is 11.5 Å². The van der Waals surface area contributed by atoms with Crippen molar-refractivity contribution in [1.82, 2.24) is 4.98 Å². The van der Waals surface area contributed by atoms with Gasteiger partial charge >= 0.3 is 0 Å². The van der Waals surface area contributed by atoms with Crippen LogP contribution in [-0.4, -0.2) is 4.98 Å². The summed E-state index contributed by atoms with van der Waals surface area (Å²) in [5.41, 5.74) is 8.79. The Labute approximate surface area is 307 Å². The highest BCUT2D eigenvalue weighted by molar-refractivity contribution is 6.16. The van der Waals surface area contributed by atoms with Crippen molar-refractivity contribution >= 4 is 104 Å². The molecule has 0 aliphatic carbocycles. The smallest absolute Gasteiger partial charge is 0.228 e. The molecule has 0 amide bonds. The van der Waals surface area contributed by atoms with Gasteiger partial charge in [-0.05, 0) is 82.2 Å². The molecule has 54 heavy (non-hydrogen) atoms. The highest BCUT2D eigenvalue weighted by Gasteiger charge is 2.21. The number of oxazole rings is 1. The van der Waals surface area contributed by atoms with Gasteiger partial charge in [-0.1, -0.05) is 97.1 Å². The summed E-state index contributed by atoms with van der Waals surface area (Å²) < 4.78 is 19.7. The molecule has 0 aliphatic heterocycles. The summed E-state index contributed by atoms with van der Waals surface area (Å²) in [5.74, 6) is 0.573. The average Bonchev–Trinajstić information content (AvgIpc) is 3.94. The summed E-state index contributed by atoms with van der Waals surface area (Å²) in [6.07, 6.45) is 0. The van der Waals surface area contributed by atoms with E-state index >= 15 is 0 Å². The number of rotatable bonds is 4. The second kappa shape index (κ2) is 11.1. The van der Waals surface area contributed by atoms with Crippen molar-refractivity contribution in [3.05, 3.63) is 170 Å². The van der Waals surface area contributed by atoms with Crippen LogP contribution < -0.4 is 4.90 Å². The Morgan fingerprint density at radius 1 is 0.370 bits per heavy atom. The topological polar surface area (TPSA) is 55.6 Å². The standard InChI is InChI=1S/C49H28N2O3/c1-2-11-32-26-33(19-16-29(32)8-1)51(34-20-23-38-39-22-17-31-10-4-6-13-37(31)48(39)53-44(38)27-34)35-21-24-40-45(28-35)52-42-15-7-14-41(46(40)42)49-50-47-36-12-5-3-9-30(36)18-25-43(47)54-49/h1-28H. The van der Waals surface area contributed by atoms with Gasteiger partial charge in [-0.25, -0.2) is 4.98 Å². The fourth-order valence-corrected chi connectivity index (χ4v) is 8.30. The van der Waals surface area contributed by atoms with Crippen molar-refractivity contribution in [3.63, 3.8) is 0 Å². The number of aromatic nitrogens is 1. The zero-order valence-electron chi connectivity index (χ0n) is 28.8. The number of anilines is 3. The summed E-state index contributed by atoms with van der Waals surface area (Å²) >= 11 is 0. The maximum Gasteiger partial charge on any atom is 0.228 e. The van der Waals surface area contributed by atoms with E-state index in [1.165, 1.54) is 5.39 Å². The lowest BCUT2D eigenvalue weighted by atomic mass is 10.0. The van der Waals surface area contributed by atoms with E-state index in [1.54, 1.807) is 0 Å². The molecule has 12 rings (SSSR count). The normalized spacial score (nSPS) is 12.1. The Balaban J connectivity index is 1.04. The summed E-state index contributed by atoms with van der Waals surface area (Å²) in [7, 11) is 0. The van der Waals surface area contributed by atoms with E-state index in [1.807, 2.05) is 30.3 Å². The van der Waals surface area contributed by atoms with Crippen LogP contribution in [0.2, 0.25) is 0 Å². The summed E-state index contributed by atoms with van der Waals surface area (Å²) in [6.45, 7) is 0. The molecule has 0 bridgehead atoms. The zero-order valence-corrected chi connectivity index (χ0v) is 28.8. The number of nitrogens with zero attached hydrogens (tertiary/aromatic N) is 2. The van der Waals surface area contributed by atoms with Gasteiger partial charge in [0.25, 0.3) is 0 Å². The van der Waals surface area contributed by atoms with Gasteiger partial charge in [0.15, 0.2) is 5.58 Å². The minimum absolute atomic E-state index is 0.573. The van der Waals surface area contributed by atoms with Crippen molar-refractivity contribution in [1.29, 1.82) is 0 Å². The molecule has 0 spiro atoms. The largest absolute Gasteiger partial charge is 0.456 e. The van der Waals surface area contributed by atoms with Crippen molar-refractivity contribution in [2.24, 2.45) is 0 Å². The Hall–Kier alpha value is -7.37. The van der Waals surface area contributed by atoms with Gasteiger partial charge in [-0.2, -0.15) is 0 Å². The van der Waals surface area contributed by atoms with Crippen LogP contribution in [0.1, 0.15) is 0 Å². The second-order valence-corrected chi connectivity index (χ2v) is 13.9. The average molecular weight is 693 g/mol. The van der Waals surface area contributed by atoms with Crippen molar-refractivity contribution in [2.75, 3.05) is 4.90 Å². The number of hydrogen-bond acceptors (Lipinski definition) is 5. The van der Waals surface area contributed by atoms with Crippen LogP contribution >= 0.6 is 0 Å². The molecule has 252 valence electrons. The molecule has 0 aliphatic rings. The van der Waals surface area contributed by atoms with Crippen molar-refractivity contribution < 1.29 is 13.3 Å². The lowest BCUT2D eigenvalue weighted by Gasteiger charge is -2.25. The van der Waals surface area contributed by atoms with Crippen LogP contribution in [0.3, 0.4) is 0 Å². The number of fused-ring (bicyclic) bond motifs is 12. The highest BCUT2D eigenvalue weighted by Crippen LogP contribution is 2.44. The summed E-state index contributed by atoms with van der Waals surface area (Å²) in [4.78, 5) is 7.30. The maximum absolute atomic E-state index is 6.65. The Morgan fingerprint density at radius 2 is 1.00 bits per heavy atom. The molecule has 0 radical (unpaired) electrons. The number of benzene rings is 9. The molecular weight excluding hydrogens is 665 g/mol. The summed E-state index contributed by atoms with van der Waals surface area (Å²) in [5, 5.41) is 11.0. The van der Waals surface area contributed by atoms with Gasteiger partial charge in [0.2, 0.25) is 5.89 Å². The molecule has 3 aromatic heterocycles. The Bertz CT molecular complexity index is 3480. The van der Waals surface area contributed by atoms with Gasteiger partial charge in [0, 0.05) is 67.1 Å². The van der Waals surface area contributed by atoms with E-state index in [2.05, 4.69) is 144 Å². The molecule has 0 saturated heterocycles. The molecule has 0 saturated carbocycles. The zero-order chi connectivity index (χ0) is 35.3. The predicted octanol–water partition coefficient (Wildman–Crippen LogP) is 14.2. The van der Waals surface area contributed by atoms with Crippen LogP contribution in [0.25, 0.3) is 98.7 Å². The van der Waals surface area contributed by atoms with Gasteiger partial charge < -0.3 is 18.2 Å². The van der Waals surface area contributed by atoms with Gasteiger partial charge in [0.1, 0.15) is 27.8 Å². The predicted molar refractivity (Wildman–Crippen MR) is 221 cm³/mol. The highest BCUT2D eigenvalue weighted by atomic mass is 16.4. The van der Waals surface area contributed by atoms with E-state index in [9.17, 15) is 0 Å². The Morgan fingerprint density at radius 3 is 1.85 bits per heavy atom. The first-order chi connectivity index (χ1) is 26.7. The molecule has 0 fully saturated rings. The molecule has 0 N–H and O–H groups in total. The fraction of sp³-hybridized carbons (Fsp3) is 0. The first-order valence-electron chi connectivity index (χ1n) is 18.1. The number of hydrogen-bond donors (Lipinski definition) is 0. The lowest BCUT2D eigenvalue weighted by molar-refractivity contribution is 0.620. The van der Waals surface area contributed by atoms with E-state index in [0.717, 1.165) is 105 Å². The quantitative estimate of drug-likeness (QED) is 0.184. The van der Waals surface area contributed by atoms with E-state index in [-0.39, 0.29) is 0 Å². The molecule has 12 aromatic rings. The molecule has 5 nitrogen and oxygen atoms in total. The van der Waals surface area contributed by atoms with E-state index in [4.69, 9.17) is 18.2 Å². The van der Waals surface area contributed by atoms with Crippen molar-refractivity contribution in [2.45, 2.75) is 0 Å². The second-order valence-electron chi connectivity index (χ2n) is 13.9. The van der Waals surface area contributed by atoms with Gasteiger partial charge in [0.05, 0.1) is 0 Å². The van der Waals surface area contributed by atoms with Crippen LogP contribution in [0.5, 0.6) is 0 Å². The minimum Gasteiger partial charge on any atom is -0.456 e. The lowest BCUT2D eigenvalue weighted by Crippen LogP contribution is -2.09. The SMILES string of the molecule is c1ccc2cc(N(c3ccc4c(c3)oc3c5ccccc5ccc43)c3ccc4c(c3)oc3cccc(-c5nc6c(ccc7ccccc76)o5)c34)ccc2c1. The third-order valence-corrected chi connectivity index (χ3v) is 10.8. The fourth-order valence-electron chi connectivity index (χ4n) is 8.30. The van der Waals surface area contributed by atoms with Crippen LogP contribution in [0, 0.1) is 0 Å². The number of furan rings is 2. The first-order valence-corrected chi connectivity index (χ1v) is 18.1. The van der Waals surface area contributed by atoms with Gasteiger partial charge in [-0.3, -0.25) is 0 Å². The summed E-state index contributed by atoms with van der Waals surface area (Å²) in [6, 6.07) is 59.1. The van der Waals surface area contributed by atoms with Crippen LogP contribution in [-0.2, 0) is 0 Å². The minimum atomic E-state index is 0.573. The third kappa shape index (κ3) is 4.30. The molecule has 0 unspecified atom stereocenters. The van der Waals surface area contributed by atoms with Crippen LogP contribution in [0.4, 0.5) is 17.1 Å². The molecule has 5 heteroatoms.